The zero-order valence-corrected chi connectivity index (χ0v) is 9.95. The van der Waals surface area contributed by atoms with Gasteiger partial charge in [0.1, 0.15) is 6.61 Å². The third-order valence-corrected chi connectivity index (χ3v) is 2.40. The summed E-state index contributed by atoms with van der Waals surface area (Å²) < 4.78 is 10.9. The summed E-state index contributed by atoms with van der Waals surface area (Å²) in [5, 5.41) is 0. The van der Waals surface area contributed by atoms with Crippen molar-refractivity contribution >= 4 is 0 Å². The Morgan fingerprint density at radius 1 is 1.38 bits per heavy atom. The quantitative estimate of drug-likeness (QED) is 0.751. The highest BCUT2D eigenvalue weighted by Gasteiger charge is 2.05. The zero-order valence-electron chi connectivity index (χ0n) is 9.95. The van der Waals surface area contributed by atoms with Crippen LogP contribution in [0.4, 0.5) is 0 Å². The van der Waals surface area contributed by atoms with Crippen LogP contribution in [0.5, 0.6) is 11.5 Å². The molecule has 3 heteroatoms. The molecule has 0 aromatic heterocycles. The Morgan fingerprint density at radius 2 is 2.12 bits per heavy atom. The van der Waals surface area contributed by atoms with Crippen molar-refractivity contribution in [2.75, 3.05) is 13.7 Å². The van der Waals surface area contributed by atoms with E-state index in [0.29, 0.717) is 13.2 Å². The van der Waals surface area contributed by atoms with Gasteiger partial charge in [0, 0.05) is 6.54 Å². The first-order valence-electron chi connectivity index (χ1n) is 5.37. The Bertz CT molecular complexity index is 361. The van der Waals surface area contributed by atoms with Gasteiger partial charge >= 0.3 is 0 Å². The molecule has 0 heterocycles. The average Bonchev–Trinajstić information content (AvgIpc) is 2.35. The van der Waals surface area contributed by atoms with E-state index in [-0.39, 0.29) is 0 Å². The lowest BCUT2D eigenvalue weighted by molar-refractivity contribution is 0.317. The van der Waals surface area contributed by atoms with Gasteiger partial charge in [0.15, 0.2) is 11.5 Å². The lowest BCUT2D eigenvalue weighted by atomic mass is 10.2. The van der Waals surface area contributed by atoms with Gasteiger partial charge in [-0.25, -0.2) is 0 Å². The van der Waals surface area contributed by atoms with Gasteiger partial charge in [-0.1, -0.05) is 19.6 Å². The third kappa shape index (κ3) is 3.28. The van der Waals surface area contributed by atoms with E-state index < -0.39 is 0 Å². The minimum Gasteiger partial charge on any atom is -0.493 e. The van der Waals surface area contributed by atoms with Gasteiger partial charge in [0.05, 0.1) is 7.11 Å². The van der Waals surface area contributed by atoms with Crippen LogP contribution in [-0.4, -0.2) is 13.7 Å². The molecule has 0 aliphatic rings. The Balaban J connectivity index is 2.78. The summed E-state index contributed by atoms with van der Waals surface area (Å²) in [5.74, 6) is 1.45. The molecule has 1 rings (SSSR count). The largest absolute Gasteiger partial charge is 0.493 e. The van der Waals surface area contributed by atoms with Crippen LogP contribution in [0.25, 0.3) is 0 Å². The van der Waals surface area contributed by atoms with Crippen molar-refractivity contribution in [1.82, 2.24) is 0 Å². The molecule has 0 atom stereocenters. The Kier molecular flexibility index (Phi) is 4.86. The molecule has 0 spiro atoms. The first kappa shape index (κ1) is 12.6. The molecule has 0 fully saturated rings. The molecule has 16 heavy (non-hydrogen) atoms. The van der Waals surface area contributed by atoms with Gasteiger partial charge in [-0.05, 0) is 29.7 Å². The maximum atomic E-state index is 5.64. The smallest absolute Gasteiger partial charge is 0.161 e. The number of hydrogen-bond acceptors (Lipinski definition) is 3. The fraction of sp³-hybridized carbons (Fsp3) is 0.385. The van der Waals surface area contributed by atoms with E-state index in [9.17, 15) is 0 Å². The molecular formula is C13H19NO2. The molecule has 0 bridgehead atoms. The van der Waals surface area contributed by atoms with E-state index in [2.05, 4.69) is 13.5 Å². The van der Waals surface area contributed by atoms with E-state index in [4.69, 9.17) is 15.2 Å². The highest BCUT2D eigenvalue weighted by atomic mass is 16.5. The third-order valence-electron chi connectivity index (χ3n) is 2.40. The van der Waals surface area contributed by atoms with Crippen LogP contribution in [0.15, 0.2) is 30.4 Å². The van der Waals surface area contributed by atoms with Gasteiger partial charge in [-0.15, -0.1) is 0 Å². The van der Waals surface area contributed by atoms with Crippen molar-refractivity contribution in [3.8, 4) is 11.5 Å². The van der Waals surface area contributed by atoms with Gasteiger partial charge in [-0.2, -0.15) is 0 Å². The molecule has 0 aliphatic carbocycles. The number of ether oxygens (including phenoxy) is 2. The fourth-order valence-corrected chi connectivity index (χ4v) is 1.24. The van der Waals surface area contributed by atoms with Crippen LogP contribution in [0.3, 0.4) is 0 Å². The standard InChI is InChI=1S/C13H19NO2/c1-4-10(2)9-16-13-7-11(8-14)5-6-12(13)15-3/h5-7H,2,4,8-9,14H2,1,3H3. The molecule has 3 nitrogen and oxygen atoms in total. The number of nitrogens with two attached hydrogens (primary N) is 1. The lowest BCUT2D eigenvalue weighted by Crippen LogP contribution is -2.03. The number of methoxy groups -OCH3 is 1. The molecule has 1 aromatic carbocycles. The van der Waals surface area contributed by atoms with Crippen LogP contribution in [0, 0.1) is 0 Å². The van der Waals surface area contributed by atoms with E-state index >= 15 is 0 Å². The summed E-state index contributed by atoms with van der Waals surface area (Å²) in [6, 6.07) is 5.70. The molecule has 0 saturated heterocycles. The molecule has 0 amide bonds. The molecule has 0 saturated carbocycles. The van der Waals surface area contributed by atoms with Crippen molar-refractivity contribution in [3.05, 3.63) is 35.9 Å². The molecule has 0 aliphatic heterocycles. The van der Waals surface area contributed by atoms with Crippen molar-refractivity contribution in [1.29, 1.82) is 0 Å². The van der Waals surface area contributed by atoms with E-state index in [1.165, 1.54) is 0 Å². The predicted octanol–water partition coefficient (Wildman–Crippen LogP) is 2.50. The second-order valence-corrected chi connectivity index (χ2v) is 3.58. The first-order chi connectivity index (χ1) is 7.71. The maximum Gasteiger partial charge on any atom is 0.161 e. The number of benzene rings is 1. The van der Waals surface area contributed by atoms with Crippen LogP contribution in [-0.2, 0) is 6.54 Å². The first-order valence-corrected chi connectivity index (χ1v) is 5.37. The minimum atomic E-state index is 0.495. The lowest BCUT2D eigenvalue weighted by Gasteiger charge is -2.12. The molecule has 0 unspecified atom stereocenters. The SMILES string of the molecule is C=C(CC)COc1cc(CN)ccc1OC. The van der Waals surface area contributed by atoms with Crippen molar-refractivity contribution in [2.24, 2.45) is 5.73 Å². The summed E-state index contributed by atoms with van der Waals surface area (Å²) in [5.41, 5.74) is 7.66. The minimum absolute atomic E-state index is 0.495. The van der Waals surface area contributed by atoms with Gasteiger partial charge in [0.25, 0.3) is 0 Å². The van der Waals surface area contributed by atoms with Crippen LogP contribution in [0.1, 0.15) is 18.9 Å². The summed E-state index contributed by atoms with van der Waals surface area (Å²) in [6.45, 7) is 6.96. The highest BCUT2D eigenvalue weighted by Crippen LogP contribution is 2.28. The van der Waals surface area contributed by atoms with Crippen LogP contribution >= 0.6 is 0 Å². The molecular weight excluding hydrogens is 202 g/mol. The molecule has 88 valence electrons. The summed E-state index contributed by atoms with van der Waals surface area (Å²) in [6.07, 6.45) is 0.916. The Hall–Kier alpha value is -1.48. The van der Waals surface area contributed by atoms with E-state index in [1.807, 2.05) is 18.2 Å². The van der Waals surface area contributed by atoms with Crippen molar-refractivity contribution in [3.63, 3.8) is 0 Å². The second kappa shape index (κ2) is 6.18. The predicted molar refractivity (Wildman–Crippen MR) is 65.8 cm³/mol. The molecule has 2 N–H and O–H groups in total. The van der Waals surface area contributed by atoms with Gasteiger partial charge in [0.2, 0.25) is 0 Å². The van der Waals surface area contributed by atoms with Gasteiger partial charge in [-0.3, -0.25) is 0 Å². The zero-order chi connectivity index (χ0) is 12.0. The van der Waals surface area contributed by atoms with E-state index in [1.54, 1.807) is 7.11 Å². The monoisotopic (exact) mass is 221 g/mol. The Labute approximate surface area is 96.9 Å². The van der Waals surface area contributed by atoms with Crippen LogP contribution < -0.4 is 15.2 Å². The maximum absolute atomic E-state index is 5.64. The van der Waals surface area contributed by atoms with E-state index in [0.717, 1.165) is 29.1 Å². The van der Waals surface area contributed by atoms with Crippen LogP contribution in [0.2, 0.25) is 0 Å². The Morgan fingerprint density at radius 3 is 2.69 bits per heavy atom. The van der Waals surface area contributed by atoms with Crippen molar-refractivity contribution in [2.45, 2.75) is 19.9 Å². The average molecular weight is 221 g/mol. The second-order valence-electron chi connectivity index (χ2n) is 3.58. The van der Waals surface area contributed by atoms with Gasteiger partial charge < -0.3 is 15.2 Å². The summed E-state index contributed by atoms with van der Waals surface area (Å²) >= 11 is 0. The topological polar surface area (TPSA) is 44.5 Å². The number of rotatable bonds is 6. The summed E-state index contributed by atoms with van der Waals surface area (Å²) in [7, 11) is 1.62. The van der Waals surface area contributed by atoms with Crippen molar-refractivity contribution < 1.29 is 9.47 Å². The number of hydrogen-bond donors (Lipinski definition) is 1. The highest BCUT2D eigenvalue weighted by molar-refractivity contribution is 5.43. The molecule has 0 radical (unpaired) electrons. The summed E-state index contributed by atoms with van der Waals surface area (Å²) in [4.78, 5) is 0. The molecule has 1 aromatic rings. The fourth-order valence-electron chi connectivity index (χ4n) is 1.24. The normalized spacial score (nSPS) is 9.94.